The fourth-order valence-electron chi connectivity index (χ4n) is 1.97. The molecule has 4 heteroatoms. The first kappa shape index (κ1) is 17.0. The van der Waals surface area contributed by atoms with E-state index in [1.165, 1.54) is 5.56 Å². The summed E-state index contributed by atoms with van der Waals surface area (Å²) in [5, 5.41) is 3.50. The molecule has 0 bridgehead atoms. The fourth-order valence-corrected chi connectivity index (χ4v) is 1.97. The zero-order valence-corrected chi connectivity index (χ0v) is 12.9. The van der Waals surface area contributed by atoms with Crippen molar-refractivity contribution in [1.29, 1.82) is 0 Å². The maximum absolute atomic E-state index is 5.65. The van der Waals surface area contributed by atoms with Crippen LogP contribution in [0, 0.1) is 0 Å². The molecule has 0 fully saturated rings. The molecule has 0 aliphatic rings. The van der Waals surface area contributed by atoms with Gasteiger partial charge in [0.25, 0.3) is 0 Å². The normalized spacial score (nSPS) is 12.3. The van der Waals surface area contributed by atoms with Crippen LogP contribution < -0.4 is 10.1 Å². The Bertz CT molecular complexity index is 357. The molecular formula is C16H27NO3. The molecule has 0 saturated heterocycles. The van der Waals surface area contributed by atoms with Crippen molar-refractivity contribution in [3.63, 3.8) is 0 Å². The zero-order chi connectivity index (χ0) is 14.6. The number of hydrogen-bond donors (Lipinski definition) is 1. The maximum Gasteiger partial charge on any atom is 0.124 e. The van der Waals surface area contributed by atoms with Crippen LogP contribution >= 0.6 is 0 Å². The summed E-state index contributed by atoms with van der Waals surface area (Å²) in [4.78, 5) is 0. The van der Waals surface area contributed by atoms with E-state index in [0.29, 0.717) is 19.8 Å². The summed E-state index contributed by atoms with van der Waals surface area (Å²) >= 11 is 0. The molecule has 20 heavy (non-hydrogen) atoms. The molecule has 0 aromatic heterocycles. The van der Waals surface area contributed by atoms with Gasteiger partial charge < -0.3 is 19.5 Å². The smallest absolute Gasteiger partial charge is 0.124 e. The quantitative estimate of drug-likeness (QED) is 0.633. The molecule has 0 radical (unpaired) electrons. The molecule has 4 nitrogen and oxygen atoms in total. The van der Waals surface area contributed by atoms with Crippen molar-refractivity contribution < 1.29 is 14.2 Å². The number of ether oxygens (including phenoxy) is 3. The Morgan fingerprint density at radius 2 is 1.95 bits per heavy atom. The molecule has 0 spiro atoms. The highest BCUT2D eigenvalue weighted by Crippen LogP contribution is 2.24. The Labute approximate surface area is 122 Å². The number of hydrogen-bond acceptors (Lipinski definition) is 4. The average molecular weight is 281 g/mol. The first-order valence-corrected chi connectivity index (χ1v) is 7.31. The van der Waals surface area contributed by atoms with Crippen LogP contribution in [0.1, 0.15) is 31.9 Å². The Kier molecular flexibility index (Phi) is 9.04. The van der Waals surface area contributed by atoms with Crippen molar-refractivity contribution >= 4 is 0 Å². The maximum atomic E-state index is 5.65. The molecular weight excluding hydrogens is 254 g/mol. The van der Waals surface area contributed by atoms with Gasteiger partial charge in [-0.1, -0.05) is 18.2 Å². The van der Waals surface area contributed by atoms with E-state index >= 15 is 0 Å². The molecule has 1 aromatic rings. The Morgan fingerprint density at radius 1 is 1.15 bits per heavy atom. The number of para-hydroxylation sites is 1. The molecule has 1 aromatic carbocycles. The standard InChI is InChI=1S/C16H27NO3/c1-4-20-16-9-6-5-8-15(16)14(2)17-10-7-11-19-13-12-18-3/h5-6,8-9,14,17H,4,7,10-13H2,1-3H3. The van der Waals surface area contributed by atoms with Gasteiger partial charge in [0.2, 0.25) is 0 Å². The molecule has 0 saturated carbocycles. The first-order chi connectivity index (χ1) is 9.79. The lowest BCUT2D eigenvalue weighted by Gasteiger charge is -2.18. The van der Waals surface area contributed by atoms with Crippen LogP contribution in [-0.4, -0.2) is 40.1 Å². The van der Waals surface area contributed by atoms with Crippen LogP contribution in [0.25, 0.3) is 0 Å². The second kappa shape index (κ2) is 10.7. The van der Waals surface area contributed by atoms with Gasteiger partial charge >= 0.3 is 0 Å². The summed E-state index contributed by atoms with van der Waals surface area (Å²) < 4.78 is 16.0. The van der Waals surface area contributed by atoms with E-state index in [-0.39, 0.29) is 6.04 Å². The van der Waals surface area contributed by atoms with Crippen molar-refractivity contribution in [2.45, 2.75) is 26.3 Å². The summed E-state index contributed by atoms with van der Waals surface area (Å²) in [6, 6.07) is 8.45. The van der Waals surface area contributed by atoms with E-state index in [0.717, 1.165) is 25.3 Å². The van der Waals surface area contributed by atoms with Crippen LogP contribution in [0.3, 0.4) is 0 Å². The third kappa shape index (κ3) is 6.37. The second-order valence-electron chi connectivity index (χ2n) is 4.61. The van der Waals surface area contributed by atoms with Crippen molar-refractivity contribution in [3.05, 3.63) is 29.8 Å². The molecule has 1 N–H and O–H groups in total. The molecule has 114 valence electrons. The van der Waals surface area contributed by atoms with Crippen LogP contribution in [0.2, 0.25) is 0 Å². The van der Waals surface area contributed by atoms with Gasteiger partial charge in [0.1, 0.15) is 5.75 Å². The highest BCUT2D eigenvalue weighted by atomic mass is 16.5. The third-order valence-electron chi connectivity index (χ3n) is 3.03. The molecule has 0 aliphatic heterocycles. The number of methoxy groups -OCH3 is 1. The van der Waals surface area contributed by atoms with Gasteiger partial charge in [-0.25, -0.2) is 0 Å². The van der Waals surface area contributed by atoms with E-state index < -0.39 is 0 Å². The summed E-state index contributed by atoms with van der Waals surface area (Å²) in [5.74, 6) is 0.964. The van der Waals surface area contributed by atoms with Crippen molar-refractivity contribution in [1.82, 2.24) is 5.32 Å². The lowest BCUT2D eigenvalue weighted by Crippen LogP contribution is -2.21. The van der Waals surface area contributed by atoms with Crippen molar-refractivity contribution in [2.75, 3.05) is 40.1 Å². The summed E-state index contributed by atoms with van der Waals surface area (Å²) in [6.07, 6.45) is 0.991. The van der Waals surface area contributed by atoms with Crippen molar-refractivity contribution in [2.24, 2.45) is 0 Å². The lowest BCUT2D eigenvalue weighted by molar-refractivity contribution is 0.0693. The third-order valence-corrected chi connectivity index (χ3v) is 3.03. The number of rotatable bonds is 11. The molecule has 1 atom stereocenters. The Hall–Kier alpha value is -1.10. The van der Waals surface area contributed by atoms with Gasteiger partial charge in [-0.05, 0) is 32.9 Å². The zero-order valence-electron chi connectivity index (χ0n) is 12.9. The predicted molar refractivity (Wildman–Crippen MR) is 81.3 cm³/mol. The van der Waals surface area contributed by atoms with Crippen LogP contribution in [-0.2, 0) is 9.47 Å². The molecule has 1 rings (SSSR count). The molecule has 0 amide bonds. The van der Waals surface area contributed by atoms with Gasteiger partial charge in [-0.2, -0.15) is 0 Å². The number of benzene rings is 1. The van der Waals surface area contributed by atoms with Gasteiger partial charge in [-0.15, -0.1) is 0 Å². The summed E-state index contributed by atoms with van der Waals surface area (Å²) in [7, 11) is 1.68. The predicted octanol–water partition coefficient (Wildman–Crippen LogP) is 2.79. The van der Waals surface area contributed by atoms with E-state index in [1.807, 2.05) is 25.1 Å². The first-order valence-electron chi connectivity index (χ1n) is 7.31. The minimum absolute atomic E-state index is 0.275. The van der Waals surface area contributed by atoms with E-state index in [1.54, 1.807) is 7.11 Å². The highest BCUT2D eigenvalue weighted by molar-refractivity contribution is 5.35. The van der Waals surface area contributed by atoms with E-state index in [4.69, 9.17) is 14.2 Å². The van der Waals surface area contributed by atoms with E-state index in [9.17, 15) is 0 Å². The summed E-state index contributed by atoms with van der Waals surface area (Å²) in [5.41, 5.74) is 1.20. The Balaban J connectivity index is 2.27. The number of nitrogens with one attached hydrogen (secondary N) is 1. The highest BCUT2D eigenvalue weighted by Gasteiger charge is 2.09. The second-order valence-corrected chi connectivity index (χ2v) is 4.61. The van der Waals surface area contributed by atoms with Crippen LogP contribution in [0.15, 0.2) is 24.3 Å². The molecule has 1 unspecified atom stereocenters. The molecule has 0 aliphatic carbocycles. The minimum Gasteiger partial charge on any atom is -0.494 e. The summed E-state index contributed by atoms with van der Waals surface area (Å²) in [6.45, 7) is 7.86. The van der Waals surface area contributed by atoms with Gasteiger partial charge in [0, 0.05) is 25.3 Å². The fraction of sp³-hybridized carbons (Fsp3) is 0.625. The topological polar surface area (TPSA) is 39.7 Å². The van der Waals surface area contributed by atoms with Gasteiger partial charge in [0.15, 0.2) is 0 Å². The van der Waals surface area contributed by atoms with Crippen molar-refractivity contribution in [3.8, 4) is 5.75 Å². The SMILES string of the molecule is CCOc1ccccc1C(C)NCCCOCCOC. The van der Waals surface area contributed by atoms with E-state index in [2.05, 4.69) is 18.3 Å². The monoisotopic (exact) mass is 281 g/mol. The molecule has 0 heterocycles. The largest absolute Gasteiger partial charge is 0.494 e. The Morgan fingerprint density at radius 3 is 2.70 bits per heavy atom. The van der Waals surface area contributed by atoms with Crippen LogP contribution in [0.4, 0.5) is 0 Å². The van der Waals surface area contributed by atoms with Gasteiger partial charge in [-0.3, -0.25) is 0 Å². The van der Waals surface area contributed by atoms with Gasteiger partial charge in [0.05, 0.1) is 19.8 Å². The average Bonchev–Trinajstić information content (AvgIpc) is 2.47. The minimum atomic E-state index is 0.275. The van der Waals surface area contributed by atoms with Crippen LogP contribution in [0.5, 0.6) is 5.75 Å². The lowest BCUT2D eigenvalue weighted by atomic mass is 10.1.